The fraction of sp³-hybridized carbons (Fsp3) is 0.278. The van der Waals surface area contributed by atoms with Crippen molar-refractivity contribution in [3.05, 3.63) is 64.7 Å². The third-order valence-electron chi connectivity index (χ3n) is 3.51. The zero-order valence-electron chi connectivity index (χ0n) is 12.7. The number of anilines is 1. The lowest BCUT2D eigenvalue weighted by Crippen LogP contribution is -2.16. The summed E-state index contributed by atoms with van der Waals surface area (Å²) in [4.78, 5) is 12.0. The number of aliphatic hydroxyl groups is 1. The third kappa shape index (κ3) is 3.92. The van der Waals surface area contributed by atoms with Gasteiger partial charge in [0.25, 0.3) is 0 Å². The zero-order valence-corrected chi connectivity index (χ0v) is 12.7. The number of hydrogen-bond acceptors (Lipinski definition) is 2. The van der Waals surface area contributed by atoms with Crippen LogP contribution < -0.4 is 5.32 Å². The largest absolute Gasteiger partial charge is 0.388 e. The minimum atomic E-state index is -0.783. The summed E-state index contributed by atoms with van der Waals surface area (Å²) in [5, 5.41) is 13.2. The molecular weight excluding hydrogens is 262 g/mol. The van der Waals surface area contributed by atoms with E-state index < -0.39 is 6.10 Å². The van der Waals surface area contributed by atoms with E-state index in [1.54, 1.807) is 0 Å². The third-order valence-corrected chi connectivity index (χ3v) is 3.51. The first-order chi connectivity index (χ1) is 9.97. The molecule has 3 nitrogen and oxygen atoms in total. The molecule has 2 aromatic carbocycles. The maximum absolute atomic E-state index is 12.0. The molecule has 0 saturated heterocycles. The molecular formula is C18H21NO2. The highest BCUT2D eigenvalue weighted by Gasteiger charge is 2.17. The molecule has 1 atom stereocenters. The van der Waals surface area contributed by atoms with Crippen LogP contribution in [0.4, 0.5) is 5.69 Å². The van der Waals surface area contributed by atoms with Crippen molar-refractivity contribution >= 4 is 11.6 Å². The van der Waals surface area contributed by atoms with Gasteiger partial charge in [-0.1, -0.05) is 35.9 Å². The van der Waals surface area contributed by atoms with Crippen LogP contribution in [0.25, 0.3) is 0 Å². The predicted molar refractivity (Wildman–Crippen MR) is 85.3 cm³/mol. The highest BCUT2D eigenvalue weighted by atomic mass is 16.3. The van der Waals surface area contributed by atoms with Crippen molar-refractivity contribution in [3.63, 3.8) is 0 Å². The van der Waals surface area contributed by atoms with Crippen LogP contribution in [0.1, 0.15) is 34.8 Å². The fourth-order valence-electron chi connectivity index (χ4n) is 2.73. The number of nitrogens with one attached hydrogen (secondary N) is 1. The summed E-state index contributed by atoms with van der Waals surface area (Å²) in [6.07, 6.45) is -0.728. The summed E-state index contributed by atoms with van der Waals surface area (Å²) in [6, 6.07) is 13.3. The van der Waals surface area contributed by atoms with E-state index in [4.69, 9.17) is 0 Å². The lowest BCUT2D eigenvalue weighted by atomic mass is 9.94. The summed E-state index contributed by atoms with van der Waals surface area (Å²) >= 11 is 0. The maximum Gasteiger partial charge on any atom is 0.227 e. The van der Waals surface area contributed by atoms with Crippen molar-refractivity contribution in [2.24, 2.45) is 0 Å². The van der Waals surface area contributed by atoms with Gasteiger partial charge in [-0.25, -0.2) is 0 Å². The molecule has 3 heteroatoms. The van der Waals surface area contributed by atoms with Gasteiger partial charge in [-0.15, -0.1) is 0 Å². The van der Waals surface area contributed by atoms with E-state index in [1.807, 2.05) is 63.2 Å². The second-order valence-electron chi connectivity index (χ2n) is 5.45. The summed E-state index contributed by atoms with van der Waals surface area (Å²) in [7, 11) is 0. The molecule has 2 rings (SSSR count). The average molecular weight is 283 g/mol. The monoisotopic (exact) mass is 283 g/mol. The van der Waals surface area contributed by atoms with Crippen molar-refractivity contribution < 1.29 is 9.90 Å². The summed E-state index contributed by atoms with van der Waals surface area (Å²) in [5.74, 6) is -0.187. The minimum Gasteiger partial charge on any atom is -0.388 e. The molecule has 21 heavy (non-hydrogen) atoms. The van der Waals surface area contributed by atoms with Gasteiger partial charge in [-0.2, -0.15) is 0 Å². The molecule has 0 radical (unpaired) electrons. The van der Waals surface area contributed by atoms with Gasteiger partial charge < -0.3 is 10.4 Å². The maximum atomic E-state index is 12.0. The molecule has 0 aliphatic heterocycles. The lowest BCUT2D eigenvalue weighted by Gasteiger charge is -2.17. The smallest absolute Gasteiger partial charge is 0.227 e. The van der Waals surface area contributed by atoms with Gasteiger partial charge in [0.15, 0.2) is 0 Å². The molecule has 0 fully saturated rings. The fourth-order valence-corrected chi connectivity index (χ4v) is 2.73. The van der Waals surface area contributed by atoms with Crippen LogP contribution >= 0.6 is 0 Å². The second-order valence-corrected chi connectivity index (χ2v) is 5.45. The zero-order chi connectivity index (χ0) is 15.4. The minimum absolute atomic E-state index is 0.0552. The van der Waals surface area contributed by atoms with E-state index in [0.29, 0.717) is 0 Å². The van der Waals surface area contributed by atoms with Gasteiger partial charge in [-0.3, -0.25) is 4.79 Å². The summed E-state index contributed by atoms with van der Waals surface area (Å²) < 4.78 is 0. The first-order valence-electron chi connectivity index (χ1n) is 7.08. The van der Waals surface area contributed by atoms with Crippen molar-refractivity contribution in [1.82, 2.24) is 0 Å². The van der Waals surface area contributed by atoms with E-state index in [-0.39, 0.29) is 12.3 Å². The Bertz CT molecular complexity index is 612. The molecule has 1 amide bonds. The van der Waals surface area contributed by atoms with Crippen LogP contribution in [0.2, 0.25) is 0 Å². The van der Waals surface area contributed by atoms with Gasteiger partial charge in [0.05, 0.1) is 12.5 Å². The van der Waals surface area contributed by atoms with Gasteiger partial charge in [0, 0.05) is 5.69 Å². The van der Waals surface area contributed by atoms with Crippen LogP contribution in [0, 0.1) is 20.8 Å². The Labute approximate surface area is 125 Å². The van der Waals surface area contributed by atoms with Crippen LogP contribution in [0.5, 0.6) is 0 Å². The number of rotatable bonds is 4. The van der Waals surface area contributed by atoms with Crippen LogP contribution in [-0.4, -0.2) is 11.0 Å². The molecule has 0 saturated carbocycles. The Hall–Kier alpha value is -2.13. The molecule has 0 bridgehead atoms. The predicted octanol–water partition coefficient (Wildman–Crippen LogP) is 3.67. The molecule has 110 valence electrons. The second kappa shape index (κ2) is 6.55. The van der Waals surface area contributed by atoms with Crippen LogP contribution in [-0.2, 0) is 4.79 Å². The number of benzene rings is 2. The number of aliphatic hydroxyl groups excluding tert-OH is 1. The molecule has 0 aliphatic carbocycles. The van der Waals surface area contributed by atoms with Crippen molar-refractivity contribution in [1.29, 1.82) is 0 Å². The molecule has 2 N–H and O–H groups in total. The van der Waals surface area contributed by atoms with Crippen LogP contribution in [0.15, 0.2) is 42.5 Å². The molecule has 0 aliphatic rings. The quantitative estimate of drug-likeness (QED) is 0.899. The van der Waals surface area contributed by atoms with Crippen LogP contribution in [0.3, 0.4) is 0 Å². The van der Waals surface area contributed by atoms with E-state index in [2.05, 4.69) is 5.32 Å². The molecule has 0 aromatic heterocycles. The average Bonchev–Trinajstić information content (AvgIpc) is 2.38. The standard InChI is InChI=1S/C18H21NO2/c1-12-9-13(2)18(14(3)10-12)16(20)11-17(21)19-15-7-5-4-6-8-15/h4-10,16,20H,11H2,1-3H3,(H,19,21). The normalized spacial score (nSPS) is 12.0. The van der Waals surface area contributed by atoms with E-state index in [9.17, 15) is 9.90 Å². The first kappa shape index (κ1) is 15.3. The van der Waals surface area contributed by atoms with Crippen molar-refractivity contribution in [3.8, 4) is 0 Å². The number of carbonyl (C=O) groups is 1. The van der Waals surface area contributed by atoms with Gasteiger partial charge in [0.1, 0.15) is 0 Å². The Balaban J connectivity index is 2.08. The summed E-state index contributed by atoms with van der Waals surface area (Å²) in [6.45, 7) is 5.96. The topological polar surface area (TPSA) is 49.3 Å². The first-order valence-corrected chi connectivity index (χ1v) is 7.08. The van der Waals surface area contributed by atoms with E-state index >= 15 is 0 Å². The Morgan fingerprint density at radius 2 is 1.67 bits per heavy atom. The number of aryl methyl sites for hydroxylation is 3. The van der Waals surface area contributed by atoms with Gasteiger partial charge in [0.2, 0.25) is 5.91 Å². The lowest BCUT2D eigenvalue weighted by molar-refractivity contribution is -0.118. The van der Waals surface area contributed by atoms with Gasteiger partial charge in [-0.05, 0) is 49.6 Å². The molecule has 0 heterocycles. The van der Waals surface area contributed by atoms with E-state index in [0.717, 1.165) is 27.9 Å². The number of carbonyl (C=O) groups excluding carboxylic acids is 1. The Morgan fingerprint density at radius 1 is 1.10 bits per heavy atom. The number of amides is 1. The highest BCUT2D eigenvalue weighted by molar-refractivity contribution is 5.91. The van der Waals surface area contributed by atoms with E-state index in [1.165, 1.54) is 0 Å². The summed E-state index contributed by atoms with van der Waals surface area (Å²) in [5.41, 5.74) is 4.80. The number of para-hydroxylation sites is 1. The van der Waals surface area contributed by atoms with Crippen molar-refractivity contribution in [2.45, 2.75) is 33.3 Å². The Kier molecular flexibility index (Phi) is 4.76. The van der Waals surface area contributed by atoms with Crippen molar-refractivity contribution in [2.75, 3.05) is 5.32 Å². The number of hydrogen-bond donors (Lipinski definition) is 2. The molecule has 1 unspecified atom stereocenters. The molecule has 2 aromatic rings. The SMILES string of the molecule is Cc1cc(C)c(C(O)CC(=O)Nc2ccccc2)c(C)c1. The Morgan fingerprint density at radius 3 is 2.24 bits per heavy atom. The highest BCUT2D eigenvalue weighted by Crippen LogP contribution is 2.26. The molecule has 0 spiro atoms. The van der Waals surface area contributed by atoms with Gasteiger partial charge >= 0.3 is 0 Å².